The Morgan fingerprint density at radius 2 is 1.97 bits per heavy atom. The van der Waals surface area contributed by atoms with E-state index in [0.29, 0.717) is 11.5 Å². The van der Waals surface area contributed by atoms with Gasteiger partial charge >= 0.3 is 0 Å². The topological polar surface area (TPSA) is 83.7 Å². The summed E-state index contributed by atoms with van der Waals surface area (Å²) in [6.07, 6.45) is 1.35. The molecule has 0 aliphatic rings. The van der Waals surface area contributed by atoms with Gasteiger partial charge in [0, 0.05) is 10.0 Å². The van der Waals surface area contributed by atoms with Gasteiger partial charge in [-0.05, 0) is 48.9 Å². The van der Waals surface area contributed by atoms with Crippen molar-refractivity contribution >= 4 is 34.0 Å². The largest absolute Gasteiger partial charge is 0.455 e. The maximum absolute atomic E-state index is 13.5. The molecule has 0 aliphatic heterocycles. The van der Waals surface area contributed by atoms with Crippen molar-refractivity contribution in [3.63, 3.8) is 0 Å². The zero-order valence-electron chi connectivity index (χ0n) is 15.4. The van der Waals surface area contributed by atoms with Gasteiger partial charge in [0.1, 0.15) is 17.3 Å². The molecule has 0 atom stereocenters. The summed E-state index contributed by atoms with van der Waals surface area (Å²) in [5.74, 6) is -0.789. The molecule has 0 aliphatic carbocycles. The number of carbonyl (C=O) groups excluding carboxylic acids is 2. The van der Waals surface area contributed by atoms with Crippen LogP contribution in [0.25, 0.3) is 11.3 Å². The van der Waals surface area contributed by atoms with Crippen LogP contribution in [0, 0.1) is 12.7 Å². The molecule has 2 amide bonds. The number of nitrogens with one attached hydrogen (secondary N) is 2. The summed E-state index contributed by atoms with van der Waals surface area (Å²) in [6, 6.07) is 14.9. The van der Waals surface area contributed by atoms with Crippen LogP contribution < -0.4 is 10.7 Å². The van der Waals surface area contributed by atoms with Crippen molar-refractivity contribution in [1.82, 2.24) is 10.7 Å². The van der Waals surface area contributed by atoms with Gasteiger partial charge < -0.3 is 9.73 Å². The molecule has 1 heterocycles. The van der Waals surface area contributed by atoms with Crippen LogP contribution in [-0.2, 0) is 4.79 Å². The molecule has 3 aromatic rings. The molecule has 148 valence electrons. The maximum Gasteiger partial charge on any atom is 0.259 e. The van der Waals surface area contributed by atoms with Crippen LogP contribution in [0.4, 0.5) is 4.39 Å². The van der Waals surface area contributed by atoms with Crippen LogP contribution in [-0.4, -0.2) is 24.6 Å². The lowest BCUT2D eigenvalue weighted by atomic mass is 10.1. The fourth-order valence-electron chi connectivity index (χ4n) is 2.50. The van der Waals surface area contributed by atoms with Crippen LogP contribution in [0.15, 0.2) is 68.6 Å². The van der Waals surface area contributed by atoms with E-state index in [1.165, 1.54) is 30.5 Å². The number of nitrogens with zero attached hydrogens (tertiary/aromatic N) is 1. The normalized spacial score (nSPS) is 10.9. The van der Waals surface area contributed by atoms with Crippen molar-refractivity contribution in [3.8, 4) is 11.3 Å². The third-order valence-electron chi connectivity index (χ3n) is 3.93. The highest BCUT2D eigenvalue weighted by molar-refractivity contribution is 9.10. The third kappa shape index (κ3) is 5.39. The number of carbonyl (C=O) groups is 2. The maximum atomic E-state index is 13.5. The van der Waals surface area contributed by atoms with Crippen LogP contribution in [0.1, 0.15) is 21.7 Å². The molecule has 0 fully saturated rings. The van der Waals surface area contributed by atoms with Crippen LogP contribution >= 0.6 is 15.9 Å². The van der Waals surface area contributed by atoms with Crippen molar-refractivity contribution < 1.29 is 18.4 Å². The molecule has 0 radical (unpaired) electrons. The predicted molar refractivity (Wildman–Crippen MR) is 111 cm³/mol. The van der Waals surface area contributed by atoms with Gasteiger partial charge in [-0.15, -0.1) is 0 Å². The summed E-state index contributed by atoms with van der Waals surface area (Å²) >= 11 is 3.51. The molecular formula is C21H17BrFN3O3. The standard InChI is InChI=1S/C21H17BrFN3O3/c1-13-6-8-15(17(22)10-13)19-9-7-14(29-19)11-25-26-20(27)12-24-21(28)16-4-2-3-5-18(16)23/h2-11H,12H2,1H3,(H,24,28)(H,26,27)/b25-11-. The summed E-state index contributed by atoms with van der Waals surface area (Å²) in [6.45, 7) is 1.65. The van der Waals surface area contributed by atoms with E-state index in [9.17, 15) is 14.0 Å². The third-order valence-corrected chi connectivity index (χ3v) is 4.58. The first-order valence-electron chi connectivity index (χ1n) is 8.65. The van der Waals surface area contributed by atoms with E-state index in [-0.39, 0.29) is 12.1 Å². The monoisotopic (exact) mass is 457 g/mol. The fourth-order valence-corrected chi connectivity index (χ4v) is 3.18. The minimum absolute atomic E-state index is 0.130. The molecule has 2 aromatic carbocycles. The first-order chi connectivity index (χ1) is 13.9. The summed E-state index contributed by atoms with van der Waals surface area (Å²) in [5.41, 5.74) is 4.16. The van der Waals surface area contributed by atoms with Gasteiger partial charge in [0.15, 0.2) is 0 Å². The highest BCUT2D eigenvalue weighted by atomic mass is 79.9. The molecule has 1 aromatic heterocycles. The summed E-state index contributed by atoms with van der Waals surface area (Å²) in [4.78, 5) is 23.6. The molecule has 0 saturated carbocycles. The fraction of sp³-hybridized carbons (Fsp3) is 0.0952. The second-order valence-corrected chi connectivity index (χ2v) is 7.00. The number of benzene rings is 2. The Hall–Kier alpha value is -3.26. The van der Waals surface area contributed by atoms with Crippen LogP contribution in [0.2, 0.25) is 0 Å². The number of hydrogen-bond donors (Lipinski definition) is 2. The number of aryl methyl sites for hydroxylation is 1. The lowest BCUT2D eigenvalue weighted by Crippen LogP contribution is -2.35. The second kappa shape index (κ2) is 9.29. The average molecular weight is 458 g/mol. The Labute approximate surface area is 174 Å². The molecular weight excluding hydrogens is 441 g/mol. The Morgan fingerprint density at radius 3 is 2.72 bits per heavy atom. The lowest BCUT2D eigenvalue weighted by Gasteiger charge is -2.04. The molecule has 6 nitrogen and oxygen atoms in total. The molecule has 8 heteroatoms. The van der Waals surface area contributed by atoms with Gasteiger partial charge in [-0.2, -0.15) is 5.10 Å². The molecule has 0 bridgehead atoms. The summed E-state index contributed by atoms with van der Waals surface area (Å²) in [5, 5.41) is 6.13. The van der Waals surface area contributed by atoms with Gasteiger partial charge in [0.2, 0.25) is 0 Å². The van der Waals surface area contributed by atoms with Crippen molar-refractivity contribution in [3.05, 3.63) is 81.8 Å². The van der Waals surface area contributed by atoms with E-state index in [0.717, 1.165) is 15.6 Å². The number of hydrogen-bond acceptors (Lipinski definition) is 4. The Balaban J connectivity index is 1.52. The predicted octanol–water partition coefficient (Wildman–Crippen LogP) is 4.04. The number of furan rings is 1. The van der Waals surface area contributed by atoms with Crippen molar-refractivity contribution in [1.29, 1.82) is 0 Å². The molecule has 0 saturated heterocycles. The second-order valence-electron chi connectivity index (χ2n) is 6.14. The highest BCUT2D eigenvalue weighted by Gasteiger charge is 2.12. The summed E-state index contributed by atoms with van der Waals surface area (Å²) in [7, 11) is 0. The van der Waals surface area contributed by atoms with E-state index in [1.54, 1.807) is 12.1 Å². The van der Waals surface area contributed by atoms with Gasteiger partial charge in [0.25, 0.3) is 11.8 Å². The SMILES string of the molecule is Cc1ccc(-c2ccc(/C=N\NC(=O)CNC(=O)c3ccccc3F)o2)c(Br)c1. The highest BCUT2D eigenvalue weighted by Crippen LogP contribution is 2.30. The quantitative estimate of drug-likeness (QED) is 0.432. The van der Waals surface area contributed by atoms with Crippen molar-refractivity contribution in [2.75, 3.05) is 6.54 Å². The van der Waals surface area contributed by atoms with E-state index < -0.39 is 17.6 Å². The van der Waals surface area contributed by atoms with Crippen molar-refractivity contribution in [2.45, 2.75) is 6.92 Å². The first-order valence-corrected chi connectivity index (χ1v) is 9.44. The number of hydrazone groups is 1. The first kappa shape index (κ1) is 20.5. The van der Waals surface area contributed by atoms with Crippen LogP contribution in [0.5, 0.6) is 0 Å². The Bertz CT molecular complexity index is 1080. The van der Waals surface area contributed by atoms with Crippen molar-refractivity contribution in [2.24, 2.45) is 5.10 Å². The van der Waals surface area contributed by atoms with Gasteiger partial charge in [-0.25, -0.2) is 9.82 Å². The zero-order valence-corrected chi connectivity index (χ0v) is 17.0. The minimum Gasteiger partial charge on any atom is -0.455 e. The molecule has 3 rings (SSSR count). The minimum atomic E-state index is -0.679. The molecule has 0 unspecified atom stereocenters. The Kier molecular flexibility index (Phi) is 6.56. The molecule has 0 spiro atoms. The molecule has 2 N–H and O–H groups in total. The molecule has 29 heavy (non-hydrogen) atoms. The van der Waals surface area contributed by atoms with E-state index in [4.69, 9.17) is 4.42 Å². The zero-order chi connectivity index (χ0) is 20.8. The van der Waals surface area contributed by atoms with Crippen LogP contribution in [0.3, 0.4) is 0 Å². The summed E-state index contributed by atoms with van der Waals surface area (Å²) < 4.78 is 20.1. The Morgan fingerprint density at radius 1 is 1.17 bits per heavy atom. The lowest BCUT2D eigenvalue weighted by molar-refractivity contribution is -0.120. The van der Waals surface area contributed by atoms with Gasteiger partial charge in [-0.1, -0.05) is 34.1 Å². The van der Waals surface area contributed by atoms with Gasteiger partial charge in [0.05, 0.1) is 18.3 Å². The van der Waals surface area contributed by atoms with E-state index in [1.807, 2.05) is 25.1 Å². The van der Waals surface area contributed by atoms with E-state index >= 15 is 0 Å². The number of halogens is 2. The number of amides is 2. The average Bonchev–Trinajstić information content (AvgIpc) is 3.15. The smallest absolute Gasteiger partial charge is 0.259 e. The number of rotatable bonds is 6. The van der Waals surface area contributed by atoms with E-state index in [2.05, 4.69) is 31.8 Å². The van der Waals surface area contributed by atoms with Gasteiger partial charge in [-0.3, -0.25) is 9.59 Å².